The first-order chi connectivity index (χ1) is 8.26. The standard InChI is InChI=1S/C12H16ClNO2S/c1-16-10-4-7-17-11(10)12(15)14-6-3-9(8-14)2-5-13/h4,7,9H,2-3,5-6,8H2,1H3. The summed E-state index contributed by atoms with van der Waals surface area (Å²) in [6.45, 7) is 1.66. The van der Waals surface area contributed by atoms with Crippen LogP contribution < -0.4 is 4.74 Å². The van der Waals surface area contributed by atoms with E-state index in [2.05, 4.69) is 0 Å². The number of amides is 1. The van der Waals surface area contributed by atoms with E-state index in [9.17, 15) is 4.79 Å². The van der Waals surface area contributed by atoms with Crippen molar-refractivity contribution in [2.24, 2.45) is 5.92 Å². The molecule has 0 aromatic carbocycles. The van der Waals surface area contributed by atoms with Gasteiger partial charge in [-0.25, -0.2) is 0 Å². The Kier molecular flexibility index (Phi) is 4.29. The Labute approximate surface area is 110 Å². The molecular formula is C12H16ClNO2S. The fraction of sp³-hybridized carbons (Fsp3) is 0.583. The van der Waals surface area contributed by atoms with Crippen LogP contribution in [0.4, 0.5) is 0 Å². The second kappa shape index (κ2) is 5.74. The average Bonchev–Trinajstić information content (AvgIpc) is 2.96. The van der Waals surface area contributed by atoms with Crippen LogP contribution in [0.2, 0.25) is 0 Å². The Hall–Kier alpha value is -0.740. The molecule has 0 N–H and O–H groups in total. The van der Waals surface area contributed by atoms with Crippen molar-refractivity contribution >= 4 is 28.8 Å². The molecule has 1 aliphatic rings. The number of hydrogen-bond donors (Lipinski definition) is 0. The molecule has 1 atom stereocenters. The highest BCUT2D eigenvalue weighted by Gasteiger charge is 2.28. The van der Waals surface area contributed by atoms with E-state index < -0.39 is 0 Å². The fourth-order valence-corrected chi connectivity index (χ4v) is 3.30. The maximum absolute atomic E-state index is 12.3. The first kappa shape index (κ1) is 12.7. The minimum atomic E-state index is 0.0916. The van der Waals surface area contributed by atoms with Crippen LogP contribution in [-0.2, 0) is 0 Å². The van der Waals surface area contributed by atoms with Crippen molar-refractivity contribution < 1.29 is 9.53 Å². The molecule has 0 saturated carbocycles. The third-order valence-electron chi connectivity index (χ3n) is 3.13. The number of carbonyl (C=O) groups excluding carboxylic acids is 1. The molecule has 3 nitrogen and oxygen atoms in total. The molecule has 1 unspecified atom stereocenters. The minimum absolute atomic E-state index is 0.0916. The third-order valence-corrected chi connectivity index (χ3v) is 4.24. The molecule has 5 heteroatoms. The first-order valence-corrected chi connectivity index (χ1v) is 7.14. The second-order valence-corrected chi connectivity index (χ2v) is 5.50. The number of carbonyl (C=O) groups is 1. The first-order valence-electron chi connectivity index (χ1n) is 5.73. The molecule has 1 fully saturated rings. The number of halogens is 1. The van der Waals surface area contributed by atoms with Crippen LogP contribution >= 0.6 is 22.9 Å². The summed E-state index contributed by atoms with van der Waals surface area (Å²) in [5.41, 5.74) is 0. The molecule has 1 aromatic rings. The topological polar surface area (TPSA) is 29.5 Å². The molecule has 2 heterocycles. The average molecular weight is 274 g/mol. The van der Waals surface area contributed by atoms with Gasteiger partial charge < -0.3 is 9.64 Å². The Morgan fingerprint density at radius 3 is 3.24 bits per heavy atom. The summed E-state index contributed by atoms with van der Waals surface area (Å²) in [6, 6.07) is 1.84. The van der Waals surface area contributed by atoms with Gasteiger partial charge in [0, 0.05) is 19.0 Å². The van der Waals surface area contributed by atoms with Crippen LogP contribution in [0.3, 0.4) is 0 Å². The lowest BCUT2D eigenvalue weighted by Crippen LogP contribution is -2.28. The smallest absolute Gasteiger partial charge is 0.267 e. The van der Waals surface area contributed by atoms with Gasteiger partial charge in [-0.05, 0) is 30.2 Å². The molecule has 1 aliphatic heterocycles. The van der Waals surface area contributed by atoms with Gasteiger partial charge in [-0.1, -0.05) is 0 Å². The van der Waals surface area contributed by atoms with Gasteiger partial charge in [0.2, 0.25) is 0 Å². The van der Waals surface area contributed by atoms with Crippen molar-refractivity contribution in [3.63, 3.8) is 0 Å². The molecule has 0 aliphatic carbocycles. The Morgan fingerprint density at radius 2 is 2.53 bits per heavy atom. The van der Waals surface area contributed by atoms with Crippen LogP contribution in [0.15, 0.2) is 11.4 Å². The van der Waals surface area contributed by atoms with Crippen molar-refractivity contribution in [1.29, 1.82) is 0 Å². The number of nitrogens with zero attached hydrogens (tertiary/aromatic N) is 1. The van der Waals surface area contributed by atoms with Crippen LogP contribution in [-0.4, -0.2) is 36.9 Å². The summed E-state index contributed by atoms with van der Waals surface area (Å²) in [5, 5.41) is 1.89. The quantitative estimate of drug-likeness (QED) is 0.790. The van der Waals surface area contributed by atoms with E-state index in [4.69, 9.17) is 16.3 Å². The Bertz CT molecular complexity index is 394. The van der Waals surface area contributed by atoms with E-state index >= 15 is 0 Å². The summed E-state index contributed by atoms with van der Waals surface area (Å²) >= 11 is 7.18. The molecule has 1 saturated heterocycles. The molecule has 1 amide bonds. The summed E-state index contributed by atoms with van der Waals surface area (Å²) < 4.78 is 5.18. The van der Waals surface area contributed by atoms with Crippen LogP contribution in [0, 0.1) is 5.92 Å². The maximum atomic E-state index is 12.3. The predicted octanol–water partition coefficient (Wildman–Crippen LogP) is 2.85. The van der Waals surface area contributed by atoms with Crippen molar-refractivity contribution in [3.05, 3.63) is 16.3 Å². The SMILES string of the molecule is COc1ccsc1C(=O)N1CCC(CCCl)C1. The molecule has 0 spiro atoms. The van der Waals surface area contributed by atoms with E-state index in [1.54, 1.807) is 7.11 Å². The normalized spacial score (nSPS) is 19.6. The predicted molar refractivity (Wildman–Crippen MR) is 70.2 cm³/mol. The summed E-state index contributed by atoms with van der Waals surface area (Å²) in [5.74, 6) is 2.01. The summed E-state index contributed by atoms with van der Waals surface area (Å²) in [7, 11) is 1.60. The summed E-state index contributed by atoms with van der Waals surface area (Å²) in [4.78, 5) is 14.9. The number of thiophene rings is 1. The second-order valence-electron chi connectivity index (χ2n) is 4.20. The minimum Gasteiger partial charge on any atom is -0.495 e. The molecule has 0 radical (unpaired) electrons. The van der Waals surface area contributed by atoms with E-state index in [1.807, 2.05) is 16.3 Å². The third kappa shape index (κ3) is 2.75. The number of hydrogen-bond acceptors (Lipinski definition) is 3. The zero-order valence-corrected chi connectivity index (χ0v) is 11.4. The highest BCUT2D eigenvalue weighted by molar-refractivity contribution is 7.12. The monoisotopic (exact) mass is 273 g/mol. The van der Waals surface area contributed by atoms with Gasteiger partial charge in [0.1, 0.15) is 10.6 Å². The number of rotatable bonds is 4. The lowest BCUT2D eigenvalue weighted by Gasteiger charge is -2.16. The van der Waals surface area contributed by atoms with Gasteiger partial charge in [-0.15, -0.1) is 22.9 Å². The van der Waals surface area contributed by atoms with Crippen LogP contribution in [0.25, 0.3) is 0 Å². The molecule has 94 valence electrons. The molecule has 2 rings (SSSR count). The zero-order valence-electron chi connectivity index (χ0n) is 9.82. The highest BCUT2D eigenvalue weighted by atomic mass is 35.5. The number of ether oxygens (including phenoxy) is 1. The number of likely N-dealkylation sites (tertiary alicyclic amines) is 1. The Balaban J connectivity index is 2.02. The van der Waals surface area contributed by atoms with Gasteiger partial charge in [-0.2, -0.15) is 0 Å². The van der Waals surface area contributed by atoms with Crippen LogP contribution in [0.1, 0.15) is 22.5 Å². The van der Waals surface area contributed by atoms with E-state index in [0.29, 0.717) is 22.4 Å². The molecule has 1 aromatic heterocycles. The van der Waals surface area contributed by atoms with Crippen molar-refractivity contribution in [2.45, 2.75) is 12.8 Å². The van der Waals surface area contributed by atoms with Gasteiger partial charge in [0.25, 0.3) is 5.91 Å². The molecular weight excluding hydrogens is 258 g/mol. The lowest BCUT2D eigenvalue weighted by molar-refractivity contribution is 0.0788. The van der Waals surface area contributed by atoms with Crippen molar-refractivity contribution in [3.8, 4) is 5.75 Å². The Morgan fingerprint density at radius 1 is 1.71 bits per heavy atom. The van der Waals surface area contributed by atoms with E-state index in [1.165, 1.54) is 11.3 Å². The number of methoxy groups -OCH3 is 1. The van der Waals surface area contributed by atoms with Gasteiger partial charge in [0.05, 0.1) is 7.11 Å². The molecule has 17 heavy (non-hydrogen) atoms. The van der Waals surface area contributed by atoms with Gasteiger partial charge >= 0.3 is 0 Å². The maximum Gasteiger partial charge on any atom is 0.267 e. The van der Waals surface area contributed by atoms with Crippen LogP contribution in [0.5, 0.6) is 5.75 Å². The van der Waals surface area contributed by atoms with Gasteiger partial charge in [-0.3, -0.25) is 4.79 Å². The lowest BCUT2D eigenvalue weighted by atomic mass is 10.1. The fourth-order valence-electron chi connectivity index (χ4n) is 2.16. The van der Waals surface area contributed by atoms with Crippen molar-refractivity contribution in [2.75, 3.05) is 26.1 Å². The molecule has 0 bridgehead atoms. The largest absolute Gasteiger partial charge is 0.495 e. The van der Waals surface area contributed by atoms with E-state index in [-0.39, 0.29) is 5.91 Å². The summed E-state index contributed by atoms with van der Waals surface area (Å²) in [6.07, 6.45) is 2.05. The van der Waals surface area contributed by atoms with E-state index in [0.717, 1.165) is 25.9 Å². The van der Waals surface area contributed by atoms with Crippen molar-refractivity contribution in [1.82, 2.24) is 4.90 Å². The highest BCUT2D eigenvalue weighted by Crippen LogP contribution is 2.29. The van der Waals surface area contributed by atoms with Gasteiger partial charge in [0.15, 0.2) is 0 Å². The zero-order chi connectivity index (χ0) is 12.3. The number of alkyl halides is 1.